The van der Waals surface area contributed by atoms with Crippen molar-refractivity contribution in [3.8, 4) is 22.6 Å². The number of nitrogens with zero attached hydrogens (tertiary/aromatic N) is 5. The molecule has 28 heavy (non-hydrogen) atoms. The average molecular weight is 398 g/mol. The predicted molar refractivity (Wildman–Crippen MR) is 104 cm³/mol. The van der Waals surface area contributed by atoms with Crippen molar-refractivity contribution in [2.75, 3.05) is 10.5 Å². The Hall–Kier alpha value is -3.27. The zero-order valence-electron chi connectivity index (χ0n) is 15.3. The average Bonchev–Trinajstić information content (AvgIpc) is 3.27. The summed E-state index contributed by atoms with van der Waals surface area (Å²) in [7, 11) is -3.37. The van der Waals surface area contributed by atoms with Crippen molar-refractivity contribution in [2.45, 2.75) is 20.3 Å². The number of hydrogen-bond donors (Lipinski definition) is 1. The monoisotopic (exact) mass is 398 g/mol. The maximum Gasteiger partial charge on any atom is 0.232 e. The van der Waals surface area contributed by atoms with Crippen molar-refractivity contribution >= 4 is 21.4 Å². The molecule has 0 fully saturated rings. The molecule has 10 heteroatoms. The fraction of sp³-hybridized carbons (Fsp3) is 0.222. The van der Waals surface area contributed by atoms with Crippen LogP contribution in [0, 0.1) is 6.92 Å². The number of hydrogen-bond acceptors (Lipinski definition) is 7. The lowest BCUT2D eigenvalue weighted by atomic mass is 10.1. The van der Waals surface area contributed by atoms with Crippen LogP contribution in [0.5, 0.6) is 0 Å². The molecular weight excluding hydrogens is 380 g/mol. The molecule has 4 rings (SSSR count). The van der Waals surface area contributed by atoms with Crippen LogP contribution in [0.1, 0.15) is 19.2 Å². The van der Waals surface area contributed by atoms with Gasteiger partial charge in [0.05, 0.1) is 23.2 Å². The molecule has 3 aromatic heterocycles. The van der Waals surface area contributed by atoms with Gasteiger partial charge in [-0.3, -0.25) is 4.72 Å². The third-order valence-corrected chi connectivity index (χ3v) is 5.57. The Morgan fingerprint density at radius 3 is 2.86 bits per heavy atom. The van der Waals surface area contributed by atoms with Crippen molar-refractivity contribution in [3.05, 3.63) is 48.6 Å². The van der Waals surface area contributed by atoms with Crippen LogP contribution in [-0.4, -0.2) is 38.9 Å². The Morgan fingerprint density at radius 1 is 1.25 bits per heavy atom. The highest BCUT2D eigenvalue weighted by molar-refractivity contribution is 7.92. The van der Waals surface area contributed by atoms with Gasteiger partial charge < -0.3 is 4.52 Å². The topological polar surface area (TPSA) is 115 Å². The van der Waals surface area contributed by atoms with Crippen LogP contribution in [0.2, 0.25) is 0 Å². The third kappa shape index (κ3) is 3.46. The second kappa shape index (κ2) is 7.04. The van der Waals surface area contributed by atoms with E-state index in [0.29, 0.717) is 35.0 Å². The summed E-state index contributed by atoms with van der Waals surface area (Å²) in [6.07, 6.45) is 3.84. The molecule has 0 bridgehead atoms. The van der Waals surface area contributed by atoms with E-state index in [-0.39, 0.29) is 5.75 Å². The molecule has 0 aliphatic carbocycles. The lowest BCUT2D eigenvalue weighted by Crippen LogP contribution is -2.16. The number of aryl methyl sites for hydroxylation is 1. The number of sulfonamides is 1. The number of anilines is 1. The second-order valence-electron chi connectivity index (χ2n) is 6.26. The van der Waals surface area contributed by atoms with Gasteiger partial charge in [-0.1, -0.05) is 24.2 Å². The first-order valence-electron chi connectivity index (χ1n) is 8.71. The van der Waals surface area contributed by atoms with Crippen LogP contribution >= 0.6 is 0 Å². The summed E-state index contributed by atoms with van der Waals surface area (Å²) < 4.78 is 33.4. The van der Waals surface area contributed by atoms with E-state index >= 15 is 0 Å². The van der Waals surface area contributed by atoms with E-state index in [0.717, 1.165) is 11.3 Å². The molecule has 0 aliphatic heterocycles. The molecule has 0 atom stereocenters. The fourth-order valence-electron chi connectivity index (χ4n) is 2.92. The Kier molecular flexibility index (Phi) is 4.55. The van der Waals surface area contributed by atoms with Gasteiger partial charge in [-0.05, 0) is 24.6 Å². The fourth-order valence-corrected chi connectivity index (χ4v) is 4.04. The van der Waals surface area contributed by atoms with Crippen molar-refractivity contribution < 1.29 is 12.9 Å². The molecule has 9 nitrogen and oxygen atoms in total. The second-order valence-corrected chi connectivity index (χ2v) is 8.10. The predicted octanol–water partition coefficient (Wildman–Crippen LogP) is 2.91. The van der Waals surface area contributed by atoms with E-state index < -0.39 is 10.0 Å². The molecule has 144 valence electrons. The van der Waals surface area contributed by atoms with Gasteiger partial charge in [0.15, 0.2) is 5.65 Å². The SMILES string of the molecule is CCCS(=O)(=O)Nc1cccc(-c2ccnc3c(-c4noc(C)n4)cnn23)c1. The van der Waals surface area contributed by atoms with E-state index in [1.807, 2.05) is 19.1 Å². The van der Waals surface area contributed by atoms with E-state index in [2.05, 4.69) is 24.9 Å². The summed E-state index contributed by atoms with van der Waals surface area (Å²) in [5.74, 6) is 0.944. The number of aromatic nitrogens is 5. The molecule has 0 saturated heterocycles. The van der Waals surface area contributed by atoms with Crippen molar-refractivity contribution in [1.29, 1.82) is 0 Å². The molecule has 4 aromatic rings. The minimum Gasteiger partial charge on any atom is -0.339 e. The number of benzene rings is 1. The van der Waals surface area contributed by atoms with Crippen LogP contribution in [0.3, 0.4) is 0 Å². The van der Waals surface area contributed by atoms with Gasteiger partial charge in [-0.15, -0.1) is 0 Å². The standard InChI is InChI=1S/C18H18N6O3S/c1-3-9-28(25,26)23-14-6-4-5-13(10-14)16-7-8-19-18-15(11-20-24(16)18)17-21-12(2)27-22-17/h4-8,10-11,23H,3,9H2,1-2H3. The zero-order chi connectivity index (χ0) is 19.7. The van der Waals surface area contributed by atoms with Gasteiger partial charge in [0.1, 0.15) is 0 Å². The summed E-state index contributed by atoms with van der Waals surface area (Å²) >= 11 is 0. The van der Waals surface area contributed by atoms with Gasteiger partial charge in [0.2, 0.25) is 21.7 Å². The molecule has 0 spiro atoms. The van der Waals surface area contributed by atoms with Crippen LogP contribution in [-0.2, 0) is 10.0 Å². The number of rotatable bonds is 6. The molecule has 1 aromatic carbocycles. The highest BCUT2D eigenvalue weighted by Crippen LogP contribution is 2.27. The minimum atomic E-state index is -3.37. The lowest BCUT2D eigenvalue weighted by molar-refractivity contribution is 0.394. The summed E-state index contributed by atoms with van der Waals surface area (Å²) in [6.45, 7) is 3.54. The quantitative estimate of drug-likeness (QED) is 0.531. The van der Waals surface area contributed by atoms with Crippen LogP contribution in [0.15, 0.2) is 47.2 Å². The van der Waals surface area contributed by atoms with Gasteiger partial charge in [-0.25, -0.2) is 17.9 Å². The molecular formula is C18H18N6O3S. The Labute approximate surface area is 161 Å². The van der Waals surface area contributed by atoms with Crippen molar-refractivity contribution in [3.63, 3.8) is 0 Å². The van der Waals surface area contributed by atoms with Gasteiger partial charge in [0, 0.05) is 24.4 Å². The summed E-state index contributed by atoms with van der Waals surface area (Å²) in [5, 5.41) is 8.33. The maximum absolute atomic E-state index is 12.1. The van der Waals surface area contributed by atoms with E-state index in [1.54, 1.807) is 42.0 Å². The van der Waals surface area contributed by atoms with E-state index in [1.165, 1.54) is 0 Å². The third-order valence-electron chi connectivity index (χ3n) is 4.07. The maximum atomic E-state index is 12.1. The van der Waals surface area contributed by atoms with Crippen molar-refractivity contribution in [2.24, 2.45) is 0 Å². The zero-order valence-corrected chi connectivity index (χ0v) is 16.1. The molecule has 0 radical (unpaired) electrons. The molecule has 3 heterocycles. The number of fused-ring (bicyclic) bond motifs is 1. The normalized spacial score (nSPS) is 11.8. The largest absolute Gasteiger partial charge is 0.339 e. The summed E-state index contributed by atoms with van der Waals surface area (Å²) in [5.41, 5.74) is 3.28. The Bertz CT molecular complexity index is 1250. The molecule has 0 saturated carbocycles. The highest BCUT2D eigenvalue weighted by atomic mass is 32.2. The van der Waals surface area contributed by atoms with Crippen LogP contribution in [0.4, 0.5) is 5.69 Å². The van der Waals surface area contributed by atoms with Crippen molar-refractivity contribution in [1.82, 2.24) is 24.7 Å². The Morgan fingerprint density at radius 2 is 2.11 bits per heavy atom. The molecule has 0 amide bonds. The van der Waals surface area contributed by atoms with E-state index in [4.69, 9.17) is 4.52 Å². The van der Waals surface area contributed by atoms with Crippen LogP contribution < -0.4 is 4.72 Å². The summed E-state index contributed by atoms with van der Waals surface area (Å²) in [4.78, 5) is 8.62. The van der Waals surface area contributed by atoms with Gasteiger partial charge >= 0.3 is 0 Å². The lowest BCUT2D eigenvalue weighted by Gasteiger charge is -2.10. The Balaban J connectivity index is 1.76. The van der Waals surface area contributed by atoms with Gasteiger partial charge in [-0.2, -0.15) is 10.1 Å². The van der Waals surface area contributed by atoms with Crippen LogP contribution in [0.25, 0.3) is 28.3 Å². The minimum absolute atomic E-state index is 0.0728. The highest BCUT2D eigenvalue weighted by Gasteiger charge is 2.16. The molecule has 0 aliphatic rings. The molecule has 0 unspecified atom stereocenters. The molecule has 1 N–H and O–H groups in total. The first-order chi connectivity index (χ1) is 13.5. The van der Waals surface area contributed by atoms with E-state index in [9.17, 15) is 8.42 Å². The first-order valence-corrected chi connectivity index (χ1v) is 10.4. The number of nitrogens with one attached hydrogen (secondary N) is 1. The van der Waals surface area contributed by atoms with Gasteiger partial charge in [0.25, 0.3) is 0 Å². The first kappa shape index (κ1) is 18.1. The summed E-state index contributed by atoms with van der Waals surface area (Å²) in [6, 6.07) is 8.96. The smallest absolute Gasteiger partial charge is 0.232 e.